The number of ether oxygens (including phenoxy) is 1. The van der Waals surface area contributed by atoms with E-state index in [4.69, 9.17) is 5.11 Å². The predicted molar refractivity (Wildman–Crippen MR) is 51.9 cm³/mol. The third kappa shape index (κ3) is 4.12. The van der Waals surface area contributed by atoms with Crippen LogP contribution in [0.3, 0.4) is 0 Å². The van der Waals surface area contributed by atoms with Crippen molar-refractivity contribution in [3.8, 4) is 0 Å². The zero-order valence-electron chi connectivity index (χ0n) is 9.25. The maximum Gasteiger partial charge on any atom is 0.455 e. The van der Waals surface area contributed by atoms with Crippen LogP contribution in [0.2, 0.25) is 0 Å². The van der Waals surface area contributed by atoms with Crippen molar-refractivity contribution in [3.63, 3.8) is 0 Å². The molecule has 1 heterocycles. The van der Waals surface area contributed by atoms with Gasteiger partial charge in [-0.1, -0.05) is 0 Å². The molecule has 0 saturated heterocycles. The van der Waals surface area contributed by atoms with Crippen LogP contribution in [0.15, 0.2) is 18.3 Å². The zero-order chi connectivity index (χ0) is 14.7. The maximum absolute atomic E-state index is 12.5. The number of carbonyl (C=O) groups is 1. The Morgan fingerprint density at radius 2 is 1.89 bits per heavy atom. The first-order valence-corrected chi connectivity index (χ1v) is 4.84. The molecule has 0 amide bonds. The maximum atomic E-state index is 12.5. The molecule has 1 rings (SSSR count). The van der Waals surface area contributed by atoms with Gasteiger partial charge >= 0.3 is 18.1 Å². The lowest BCUT2D eigenvalue weighted by Crippen LogP contribution is -2.40. The van der Waals surface area contributed by atoms with Gasteiger partial charge in [0.25, 0.3) is 0 Å². The molecule has 9 heteroatoms. The molecule has 0 bridgehead atoms. The highest BCUT2D eigenvalue weighted by Crippen LogP contribution is 2.35. The van der Waals surface area contributed by atoms with Gasteiger partial charge in [-0.2, -0.15) is 22.0 Å². The third-order valence-corrected chi connectivity index (χ3v) is 2.02. The van der Waals surface area contributed by atoms with Crippen molar-refractivity contribution in [2.75, 3.05) is 6.61 Å². The van der Waals surface area contributed by atoms with Gasteiger partial charge in [-0.25, -0.2) is 4.79 Å². The second-order valence-electron chi connectivity index (χ2n) is 3.54. The fraction of sp³-hybridized carbons (Fsp3) is 0.400. The summed E-state index contributed by atoms with van der Waals surface area (Å²) in [6, 6.07) is 2.30. The summed E-state index contributed by atoms with van der Waals surface area (Å²) in [7, 11) is 0. The molecule has 0 radical (unpaired) electrons. The van der Waals surface area contributed by atoms with Gasteiger partial charge in [0.05, 0.1) is 17.9 Å². The van der Waals surface area contributed by atoms with Crippen LogP contribution < -0.4 is 0 Å². The van der Waals surface area contributed by atoms with Crippen LogP contribution in [0.1, 0.15) is 16.1 Å². The minimum absolute atomic E-state index is 0.0444. The fourth-order valence-corrected chi connectivity index (χ4v) is 1.00. The van der Waals surface area contributed by atoms with Crippen LogP contribution in [-0.4, -0.2) is 34.8 Å². The summed E-state index contributed by atoms with van der Waals surface area (Å²) in [6.45, 7) is -2.40. The summed E-state index contributed by atoms with van der Waals surface area (Å²) in [5.74, 6) is -6.17. The first kappa shape index (κ1) is 15.3. The van der Waals surface area contributed by atoms with Crippen LogP contribution in [0.4, 0.5) is 22.0 Å². The Morgan fingerprint density at radius 1 is 1.26 bits per heavy atom. The highest BCUT2D eigenvalue weighted by molar-refractivity contribution is 5.87. The van der Waals surface area contributed by atoms with Crippen LogP contribution in [0.25, 0.3) is 0 Å². The smallest absolute Gasteiger partial charge is 0.455 e. The van der Waals surface area contributed by atoms with E-state index in [-0.39, 0.29) is 11.3 Å². The Bertz CT molecular complexity index is 443. The summed E-state index contributed by atoms with van der Waals surface area (Å²) in [5.41, 5.74) is -0.0904. The van der Waals surface area contributed by atoms with E-state index in [1.165, 1.54) is 0 Å². The number of pyridine rings is 1. The van der Waals surface area contributed by atoms with E-state index >= 15 is 0 Å². The summed E-state index contributed by atoms with van der Waals surface area (Å²) >= 11 is 0. The lowest BCUT2D eigenvalue weighted by molar-refractivity contribution is -0.297. The normalized spacial score (nSPS) is 12.5. The molecule has 19 heavy (non-hydrogen) atoms. The Labute approximate surface area is 103 Å². The average Bonchev–Trinajstić information content (AvgIpc) is 2.28. The van der Waals surface area contributed by atoms with Gasteiger partial charge in [0.2, 0.25) is 0 Å². The van der Waals surface area contributed by atoms with E-state index in [9.17, 15) is 26.7 Å². The van der Waals surface area contributed by atoms with Crippen LogP contribution >= 0.6 is 0 Å². The molecule has 0 unspecified atom stereocenters. The van der Waals surface area contributed by atoms with E-state index in [0.29, 0.717) is 0 Å². The number of alkyl halides is 5. The molecule has 0 spiro atoms. The Hall–Kier alpha value is -1.77. The summed E-state index contributed by atoms with van der Waals surface area (Å²) in [4.78, 5) is 14.0. The number of carboxylic acids is 1. The van der Waals surface area contributed by atoms with E-state index in [1.54, 1.807) is 0 Å². The number of rotatable bonds is 5. The SMILES string of the molecule is O=C(O)c1ccc(COCC(F)(F)C(F)(F)F)nc1. The van der Waals surface area contributed by atoms with Gasteiger partial charge in [0.15, 0.2) is 0 Å². The molecular formula is C10H8F5NO3. The van der Waals surface area contributed by atoms with Crippen molar-refractivity contribution in [2.45, 2.75) is 18.7 Å². The third-order valence-electron chi connectivity index (χ3n) is 2.02. The largest absolute Gasteiger partial charge is 0.478 e. The number of hydrogen-bond donors (Lipinski definition) is 1. The van der Waals surface area contributed by atoms with Gasteiger partial charge in [0.1, 0.15) is 6.61 Å². The molecule has 0 saturated carbocycles. The van der Waals surface area contributed by atoms with Crippen molar-refractivity contribution in [1.29, 1.82) is 0 Å². The first-order valence-electron chi connectivity index (χ1n) is 4.84. The monoisotopic (exact) mass is 285 g/mol. The molecule has 0 aliphatic rings. The number of aromatic nitrogens is 1. The van der Waals surface area contributed by atoms with Gasteiger partial charge in [0, 0.05) is 6.20 Å². The van der Waals surface area contributed by atoms with E-state index in [2.05, 4.69) is 9.72 Å². The van der Waals surface area contributed by atoms with Crippen LogP contribution in [0, 0.1) is 0 Å². The molecular weight excluding hydrogens is 277 g/mol. The van der Waals surface area contributed by atoms with Crippen molar-refractivity contribution in [2.24, 2.45) is 0 Å². The molecule has 106 valence electrons. The highest BCUT2D eigenvalue weighted by Gasteiger charge is 2.57. The molecule has 1 N–H and O–H groups in total. The number of halogens is 5. The highest BCUT2D eigenvalue weighted by atomic mass is 19.4. The first-order chi connectivity index (χ1) is 8.63. The Morgan fingerprint density at radius 3 is 2.32 bits per heavy atom. The van der Waals surface area contributed by atoms with Gasteiger partial charge in [-0.15, -0.1) is 0 Å². The van der Waals surface area contributed by atoms with Gasteiger partial charge in [-0.05, 0) is 12.1 Å². The minimum atomic E-state index is -5.67. The second-order valence-corrected chi connectivity index (χ2v) is 3.54. The molecule has 4 nitrogen and oxygen atoms in total. The standard InChI is InChI=1S/C10H8F5NO3/c11-9(12,10(13,14)15)5-19-4-7-2-1-6(3-16-7)8(17)18/h1-3H,4-5H2,(H,17,18). The molecule has 1 aromatic heterocycles. The average molecular weight is 285 g/mol. The fourth-order valence-electron chi connectivity index (χ4n) is 1.00. The molecule has 0 aliphatic carbocycles. The molecule has 1 aromatic rings. The predicted octanol–water partition coefficient (Wildman–Crippen LogP) is 2.49. The number of hydrogen-bond acceptors (Lipinski definition) is 3. The summed E-state index contributed by atoms with van der Waals surface area (Å²) in [6.07, 6.45) is -4.73. The number of aromatic carboxylic acids is 1. The summed E-state index contributed by atoms with van der Waals surface area (Å²) < 4.78 is 64.5. The van der Waals surface area contributed by atoms with Gasteiger partial charge in [-0.3, -0.25) is 4.98 Å². The van der Waals surface area contributed by atoms with Crippen molar-refractivity contribution >= 4 is 5.97 Å². The Balaban J connectivity index is 2.52. The quantitative estimate of drug-likeness (QED) is 0.844. The van der Waals surface area contributed by atoms with Gasteiger partial charge < -0.3 is 9.84 Å². The lowest BCUT2D eigenvalue weighted by atomic mass is 10.2. The number of nitrogens with zero attached hydrogens (tertiary/aromatic N) is 1. The molecule has 0 aliphatic heterocycles. The topological polar surface area (TPSA) is 59.4 Å². The minimum Gasteiger partial charge on any atom is -0.478 e. The van der Waals surface area contributed by atoms with E-state index < -0.39 is 31.3 Å². The van der Waals surface area contributed by atoms with Crippen molar-refractivity contribution < 1.29 is 36.6 Å². The van der Waals surface area contributed by atoms with Crippen molar-refractivity contribution in [1.82, 2.24) is 4.98 Å². The summed E-state index contributed by atoms with van der Waals surface area (Å²) in [5, 5.41) is 8.55. The van der Waals surface area contributed by atoms with E-state index in [0.717, 1.165) is 18.3 Å². The van der Waals surface area contributed by atoms with E-state index in [1.807, 2.05) is 0 Å². The molecule has 0 atom stereocenters. The lowest BCUT2D eigenvalue weighted by Gasteiger charge is -2.19. The molecule has 0 aromatic carbocycles. The van der Waals surface area contributed by atoms with Crippen LogP contribution in [-0.2, 0) is 11.3 Å². The molecule has 0 fully saturated rings. The number of carboxylic acid groups (broad SMARTS) is 1. The Kier molecular flexibility index (Phi) is 4.40. The second kappa shape index (κ2) is 5.47. The van der Waals surface area contributed by atoms with Crippen LogP contribution in [0.5, 0.6) is 0 Å². The zero-order valence-corrected chi connectivity index (χ0v) is 9.25. The van der Waals surface area contributed by atoms with Crippen molar-refractivity contribution in [3.05, 3.63) is 29.6 Å².